The van der Waals surface area contributed by atoms with E-state index in [1.807, 2.05) is 0 Å². The van der Waals surface area contributed by atoms with Crippen LogP contribution in [0.2, 0.25) is 0 Å². The first-order valence-corrected chi connectivity index (χ1v) is 10.7. The van der Waals surface area contributed by atoms with Crippen LogP contribution >= 0.6 is 11.5 Å². The summed E-state index contributed by atoms with van der Waals surface area (Å²) in [6.45, 7) is 0.323. The van der Waals surface area contributed by atoms with Crippen LogP contribution in [0.5, 0.6) is 5.75 Å². The molecule has 0 fully saturated rings. The van der Waals surface area contributed by atoms with Crippen LogP contribution in [0.1, 0.15) is 31.8 Å². The number of hydrogen-bond acceptors (Lipinski definition) is 8. The maximum atomic E-state index is 15.0. The minimum absolute atomic E-state index is 0.0659. The van der Waals surface area contributed by atoms with Gasteiger partial charge in [0, 0.05) is 13.7 Å². The van der Waals surface area contributed by atoms with Gasteiger partial charge < -0.3 is 26.6 Å². The minimum atomic E-state index is -1.37. The number of primary amides is 1. The maximum Gasteiger partial charge on any atom is 0.273 e. The fourth-order valence-corrected chi connectivity index (χ4v) is 3.94. The Labute approximate surface area is 198 Å². The highest BCUT2D eigenvalue weighted by Gasteiger charge is 2.37. The van der Waals surface area contributed by atoms with Crippen LogP contribution in [0.3, 0.4) is 0 Å². The van der Waals surface area contributed by atoms with Crippen molar-refractivity contribution in [3.05, 3.63) is 70.5 Å². The van der Waals surface area contributed by atoms with Crippen molar-refractivity contribution in [3.63, 3.8) is 0 Å². The highest BCUT2D eigenvalue weighted by Crippen LogP contribution is 2.34. The third kappa shape index (κ3) is 5.13. The first-order valence-electron chi connectivity index (χ1n) is 9.94. The Kier molecular flexibility index (Phi) is 7.76. The average Bonchev–Trinajstić information content (AvgIpc) is 3.20. The van der Waals surface area contributed by atoms with E-state index in [1.165, 1.54) is 49.6 Å². The number of ether oxygens (including phenoxy) is 1. The summed E-state index contributed by atoms with van der Waals surface area (Å²) in [4.78, 5) is 39.3. The number of para-hydroxylation sites is 1. The molecule has 0 unspecified atom stereocenters. The van der Waals surface area contributed by atoms with Crippen molar-refractivity contribution >= 4 is 40.6 Å². The number of methoxy groups -OCH3 is 1. The van der Waals surface area contributed by atoms with Gasteiger partial charge in [0.05, 0.1) is 18.0 Å². The SMILES string of the molecule is COCCNC(=O)[C@@H](c1ccc(O)cc1)N(C(=O)c1snc(C(N)=O)c1N)c1ccccc1F. The molecule has 0 saturated carbocycles. The van der Waals surface area contributed by atoms with Crippen molar-refractivity contribution in [2.75, 3.05) is 30.9 Å². The van der Waals surface area contributed by atoms with Gasteiger partial charge in [-0.05, 0) is 41.4 Å². The number of benzene rings is 2. The van der Waals surface area contributed by atoms with E-state index in [2.05, 4.69) is 9.69 Å². The number of aromatic nitrogens is 1. The number of nitrogen functional groups attached to an aromatic ring is 1. The number of phenols is 1. The van der Waals surface area contributed by atoms with Crippen LogP contribution in [-0.2, 0) is 9.53 Å². The first kappa shape index (κ1) is 24.6. The molecule has 3 rings (SSSR count). The molecule has 3 aromatic rings. The fourth-order valence-electron chi connectivity index (χ4n) is 3.20. The molecule has 1 aromatic heterocycles. The number of rotatable bonds is 9. The van der Waals surface area contributed by atoms with Crippen LogP contribution in [-0.4, -0.2) is 47.5 Å². The summed E-state index contributed by atoms with van der Waals surface area (Å²) >= 11 is 0.609. The molecular formula is C22H22FN5O5S. The number of aromatic hydroxyl groups is 1. The average molecular weight is 488 g/mol. The minimum Gasteiger partial charge on any atom is -0.508 e. The number of anilines is 2. The van der Waals surface area contributed by atoms with Gasteiger partial charge in [0.15, 0.2) is 5.69 Å². The number of nitrogens with one attached hydrogen (secondary N) is 1. The van der Waals surface area contributed by atoms with Crippen molar-refractivity contribution in [1.82, 2.24) is 9.69 Å². The second kappa shape index (κ2) is 10.7. The molecule has 178 valence electrons. The molecule has 12 heteroatoms. The van der Waals surface area contributed by atoms with E-state index in [0.717, 1.165) is 11.0 Å². The summed E-state index contributed by atoms with van der Waals surface area (Å²) in [6.07, 6.45) is 0. The third-order valence-corrected chi connectivity index (χ3v) is 5.66. The number of hydrogen-bond donors (Lipinski definition) is 4. The first-order chi connectivity index (χ1) is 16.3. The molecule has 3 amide bonds. The number of carbonyl (C=O) groups excluding carboxylic acids is 3. The van der Waals surface area contributed by atoms with Crippen molar-refractivity contribution in [2.45, 2.75) is 6.04 Å². The summed E-state index contributed by atoms with van der Waals surface area (Å²) < 4.78 is 23.8. The Morgan fingerprint density at radius 2 is 1.88 bits per heavy atom. The lowest BCUT2D eigenvalue weighted by atomic mass is 10.0. The molecular weight excluding hydrogens is 465 g/mol. The summed E-state index contributed by atoms with van der Waals surface area (Å²) in [5.74, 6) is -3.28. The predicted octanol–water partition coefficient (Wildman–Crippen LogP) is 1.82. The van der Waals surface area contributed by atoms with Crippen LogP contribution in [0, 0.1) is 5.82 Å². The zero-order chi connectivity index (χ0) is 24.8. The molecule has 34 heavy (non-hydrogen) atoms. The van der Waals surface area contributed by atoms with E-state index >= 15 is 0 Å². The van der Waals surface area contributed by atoms with Gasteiger partial charge in [0.2, 0.25) is 5.91 Å². The Morgan fingerprint density at radius 1 is 1.21 bits per heavy atom. The highest BCUT2D eigenvalue weighted by atomic mass is 32.1. The normalized spacial score (nSPS) is 11.6. The topological polar surface area (TPSA) is 161 Å². The van der Waals surface area contributed by atoms with E-state index < -0.39 is 29.6 Å². The van der Waals surface area contributed by atoms with E-state index in [4.69, 9.17) is 16.2 Å². The Hall–Kier alpha value is -4.03. The molecule has 1 heterocycles. The fraction of sp³-hybridized carbons (Fsp3) is 0.182. The standard InChI is InChI=1S/C22H22FN5O5S/c1-33-11-10-26-21(31)18(12-6-8-13(29)9-7-12)28(15-5-3-2-4-14(15)23)22(32)19-16(24)17(20(25)30)27-34-19/h2-9,18,29H,10-11,24H2,1H3,(H2,25,30)(H,26,31)/t18-/m1/s1. The molecule has 0 spiro atoms. The second-order valence-electron chi connectivity index (χ2n) is 7.04. The molecule has 6 N–H and O–H groups in total. The molecule has 2 aromatic carbocycles. The monoisotopic (exact) mass is 487 g/mol. The molecule has 10 nitrogen and oxygen atoms in total. The summed E-state index contributed by atoms with van der Waals surface area (Å²) in [6, 6.07) is 9.56. The van der Waals surface area contributed by atoms with Crippen LogP contribution < -0.4 is 21.7 Å². The predicted molar refractivity (Wildman–Crippen MR) is 124 cm³/mol. The van der Waals surface area contributed by atoms with Crippen molar-refractivity contribution in [2.24, 2.45) is 5.73 Å². The van der Waals surface area contributed by atoms with Crippen LogP contribution in [0.15, 0.2) is 48.5 Å². The van der Waals surface area contributed by atoms with Gasteiger partial charge in [-0.2, -0.15) is 4.37 Å². The molecule has 1 atom stereocenters. The van der Waals surface area contributed by atoms with Gasteiger partial charge >= 0.3 is 0 Å². The van der Waals surface area contributed by atoms with Gasteiger partial charge in [-0.15, -0.1) is 0 Å². The van der Waals surface area contributed by atoms with E-state index in [0.29, 0.717) is 11.5 Å². The van der Waals surface area contributed by atoms with E-state index in [1.54, 1.807) is 0 Å². The number of nitrogens with zero attached hydrogens (tertiary/aromatic N) is 2. The largest absolute Gasteiger partial charge is 0.508 e. The third-order valence-electron chi connectivity index (χ3n) is 4.81. The summed E-state index contributed by atoms with van der Waals surface area (Å²) in [5.41, 5.74) is 10.7. The number of nitrogens with two attached hydrogens (primary N) is 2. The van der Waals surface area contributed by atoms with Crippen LogP contribution in [0.4, 0.5) is 15.8 Å². The maximum absolute atomic E-state index is 15.0. The number of carbonyl (C=O) groups is 3. The van der Waals surface area contributed by atoms with Crippen molar-refractivity contribution in [3.8, 4) is 5.75 Å². The lowest BCUT2D eigenvalue weighted by Crippen LogP contribution is -2.45. The van der Waals surface area contributed by atoms with Gasteiger partial charge in [-0.1, -0.05) is 24.3 Å². The Bertz CT molecular complexity index is 1200. The van der Waals surface area contributed by atoms with Gasteiger partial charge in [-0.3, -0.25) is 19.3 Å². The zero-order valence-electron chi connectivity index (χ0n) is 18.0. The van der Waals surface area contributed by atoms with E-state index in [9.17, 15) is 23.9 Å². The van der Waals surface area contributed by atoms with Gasteiger partial charge in [0.25, 0.3) is 11.8 Å². The van der Waals surface area contributed by atoms with Crippen molar-refractivity contribution < 1.29 is 28.6 Å². The molecule has 0 aliphatic heterocycles. The Balaban J connectivity index is 2.19. The second-order valence-corrected chi connectivity index (χ2v) is 7.82. The van der Waals surface area contributed by atoms with Crippen molar-refractivity contribution in [1.29, 1.82) is 0 Å². The molecule has 0 saturated heterocycles. The number of halogens is 1. The summed E-state index contributed by atoms with van der Waals surface area (Å²) in [7, 11) is 1.46. The molecule has 0 aliphatic carbocycles. The highest BCUT2D eigenvalue weighted by molar-refractivity contribution is 7.09. The smallest absolute Gasteiger partial charge is 0.273 e. The van der Waals surface area contributed by atoms with Gasteiger partial charge in [0.1, 0.15) is 22.5 Å². The number of amides is 3. The quantitative estimate of drug-likeness (QED) is 0.335. The molecule has 0 radical (unpaired) electrons. The number of phenolic OH excluding ortho intramolecular Hbond substituents is 1. The molecule has 0 bridgehead atoms. The summed E-state index contributed by atoms with van der Waals surface area (Å²) in [5, 5.41) is 12.4. The molecule has 0 aliphatic rings. The lowest BCUT2D eigenvalue weighted by molar-refractivity contribution is -0.122. The van der Waals surface area contributed by atoms with E-state index in [-0.39, 0.29) is 46.4 Å². The van der Waals surface area contributed by atoms with Gasteiger partial charge in [-0.25, -0.2) is 4.39 Å². The zero-order valence-corrected chi connectivity index (χ0v) is 18.8. The lowest BCUT2D eigenvalue weighted by Gasteiger charge is -2.31. The van der Waals surface area contributed by atoms with Crippen LogP contribution in [0.25, 0.3) is 0 Å². The Morgan fingerprint density at radius 3 is 2.47 bits per heavy atom.